The van der Waals surface area contributed by atoms with Crippen molar-refractivity contribution in [3.8, 4) is 0 Å². The molecule has 2 heterocycles. The quantitative estimate of drug-likeness (QED) is 0.412. The normalized spacial score (nSPS) is 18.9. The van der Waals surface area contributed by atoms with Crippen LogP contribution in [0.15, 0.2) is 12.3 Å². The maximum Gasteiger partial charge on any atom is 0.325 e. The number of rotatable bonds is 5. The van der Waals surface area contributed by atoms with E-state index in [1.165, 1.54) is 11.0 Å². The van der Waals surface area contributed by atoms with Crippen molar-refractivity contribution in [3.05, 3.63) is 23.8 Å². The van der Waals surface area contributed by atoms with Crippen LogP contribution in [0.3, 0.4) is 0 Å². The van der Waals surface area contributed by atoms with E-state index in [0.29, 0.717) is 19.3 Å². The van der Waals surface area contributed by atoms with Gasteiger partial charge in [-0.25, -0.2) is 9.78 Å². The highest BCUT2D eigenvalue weighted by Gasteiger charge is 2.50. The molecule has 2 fully saturated rings. The van der Waals surface area contributed by atoms with Crippen molar-refractivity contribution in [2.75, 3.05) is 18.8 Å². The van der Waals surface area contributed by atoms with Gasteiger partial charge in [0.1, 0.15) is 11.2 Å². The van der Waals surface area contributed by atoms with Crippen molar-refractivity contribution in [3.63, 3.8) is 0 Å². The van der Waals surface area contributed by atoms with Gasteiger partial charge in [0.2, 0.25) is 5.95 Å². The Morgan fingerprint density at radius 1 is 1.35 bits per heavy atom. The van der Waals surface area contributed by atoms with Gasteiger partial charge in [0, 0.05) is 19.3 Å². The Kier molecular flexibility index (Phi) is 5.06. The maximum atomic E-state index is 13.3. The van der Waals surface area contributed by atoms with E-state index in [4.69, 9.17) is 5.73 Å². The number of imide groups is 1. The minimum atomic E-state index is -0.894. The molecule has 140 valence electrons. The Hall–Kier alpha value is -2.71. The minimum Gasteiger partial charge on any atom is -0.394 e. The number of carbonyl (C=O) groups excluding carboxylic acids is 3. The van der Waals surface area contributed by atoms with Crippen LogP contribution in [0.5, 0.6) is 0 Å². The first-order valence-corrected chi connectivity index (χ1v) is 8.77. The summed E-state index contributed by atoms with van der Waals surface area (Å²) in [5, 5.41) is 5.45. The molecule has 26 heavy (non-hydrogen) atoms. The Balaban J connectivity index is 1.50. The predicted octanol–water partition coefficient (Wildman–Crippen LogP) is 1.18. The third-order valence-electron chi connectivity index (χ3n) is 4.98. The van der Waals surface area contributed by atoms with Crippen LogP contribution in [0.4, 0.5) is 14.9 Å². The van der Waals surface area contributed by atoms with E-state index in [1.54, 1.807) is 0 Å². The Morgan fingerprint density at radius 2 is 2.08 bits per heavy atom. The first-order chi connectivity index (χ1) is 12.4. The molecule has 4 amide bonds. The number of amides is 4. The van der Waals surface area contributed by atoms with Gasteiger partial charge >= 0.3 is 6.03 Å². The van der Waals surface area contributed by atoms with Crippen LogP contribution in [-0.2, 0) is 4.79 Å². The highest BCUT2D eigenvalue weighted by Crippen LogP contribution is 2.33. The van der Waals surface area contributed by atoms with Gasteiger partial charge < -0.3 is 16.4 Å². The zero-order valence-electron chi connectivity index (χ0n) is 14.4. The molecule has 0 bridgehead atoms. The monoisotopic (exact) mass is 363 g/mol. The molecule has 0 aromatic carbocycles. The molecule has 2 aliphatic rings. The lowest BCUT2D eigenvalue weighted by molar-refractivity contribution is -0.132. The van der Waals surface area contributed by atoms with Crippen LogP contribution in [0.2, 0.25) is 0 Å². The van der Waals surface area contributed by atoms with Crippen LogP contribution in [0.25, 0.3) is 0 Å². The van der Waals surface area contributed by atoms with Crippen molar-refractivity contribution >= 4 is 23.5 Å². The number of nitrogens with zero attached hydrogens (tertiary/aromatic N) is 2. The molecule has 1 saturated carbocycles. The van der Waals surface area contributed by atoms with E-state index in [0.717, 1.165) is 25.5 Å². The topological polar surface area (TPSA) is 117 Å². The molecule has 1 saturated heterocycles. The van der Waals surface area contributed by atoms with Gasteiger partial charge in [0.15, 0.2) is 0 Å². The smallest absolute Gasteiger partial charge is 0.325 e. The van der Waals surface area contributed by atoms with Gasteiger partial charge in [-0.2, -0.15) is 4.39 Å². The summed E-state index contributed by atoms with van der Waals surface area (Å²) in [5.74, 6) is -1.59. The lowest BCUT2D eigenvalue weighted by Gasteiger charge is -2.30. The third-order valence-corrected chi connectivity index (χ3v) is 4.98. The molecule has 1 aromatic rings. The van der Waals surface area contributed by atoms with Gasteiger partial charge in [-0.05, 0) is 25.3 Å². The Morgan fingerprint density at radius 3 is 2.81 bits per heavy atom. The largest absolute Gasteiger partial charge is 0.394 e. The molecule has 1 aromatic heterocycles. The predicted molar refractivity (Wildman–Crippen MR) is 91.6 cm³/mol. The van der Waals surface area contributed by atoms with E-state index in [2.05, 4.69) is 15.6 Å². The second-order valence-corrected chi connectivity index (χ2v) is 6.70. The molecule has 0 radical (unpaired) electrons. The Bertz CT molecular complexity index is 733. The maximum absolute atomic E-state index is 13.3. The number of aromatic nitrogens is 1. The second kappa shape index (κ2) is 7.27. The van der Waals surface area contributed by atoms with E-state index >= 15 is 0 Å². The number of nitrogens with two attached hydrogens (primary N) is 1. The van der Waals surface area contributed by atoms with E-state index in [-0.39, 0.29) is 36.3 Å². The summed E-state index contributed by atoms with van der Waals surface area (Å²) in [4.78, 5) is 41.4. The van der Waals surface area contributed by atoms with Gasteiger partial charge in [0.05, 0.1) is 5.56 Å². The number of hydrogen-bond acceptors (Lipinski definition) is 5. The molecular weight excluding hydrogens is 341 g/mol. The number of carbonyl (C=O) groups is 3. The lowest BCUT2D eigenvalue weighted by Crippen LogP contribution is -2.48. The number of nitrogens with one attached hydrogen (secondary N) is 2. The van der Waals surface area contributed by atoms with E-state index < -0.39 is 17.4 Å². The highest BCUT2D eigenvalue weighted by atomic mass is 19.1. The average Bonchev–Trinajstić information content (AvgIpc) is 2.85. The molecule has 3 rings (SSSR count). The summed E-state index contributed by atoms with van der Waals surface area (Å²) in [6.45, 7) is 0.444. The molecule has 1 aliphatic carbocycles. The fourth-order valence-corrected chi connectivity index (χ4v) is 3.55. The number of anilines is 1. The molecule has 8 nitrogen and oxygen atoms in total. The molecule has 0 atom stereocenters. The Labute approximate surface area is 150 Å². The zero-order chi connectivity index (χ0) is 18.7. The van der Waals surface area contributed by atoms with Crippen molar-refractivity contribution in [1.29, 1.82) is 0 Å². The highest BCUT2D eigenvalue weighted by molar-refractivity contribution is 6.07. The number of halogens is 1. The van der Waals surface area contributed by atoms with Gasteiger partial charge in [0.25, 0.3) is 11.8 Å². The summed E-state index contributed by atoms with van der Waals surface area (Å²) in [5.41, 5.74) is 4.47. The molecule has 4 N–H and O–H groups in total. The first kappa shape index (κ1) is 18.1. The fraction of sp³-hybridized carbons (Fsp3) is 0.529. The van der Waals surface area contributed by atoms with Gasteiger partial charge in [-0.15, -0.1) is 0 Å². The van der Waals surface area contributed by atoms with E-state index in [1.807, 2.05) is 0 Å². The standard InChI is InChI=1S/C17H22FN5O3/c18-13-12(19)11(5-9-20-13)14(24)21-8-4-10-23-15(25)17(22-16(23)26)6-2-1-3-7-17/h5,9H,1-4,6-8,10,19H2,(H,21,24)(H,22,26). The third kappa shape index (κ3) is 3.33. The molecule has 1 aliphatic heterocycles. The van der Waals surface area contributed by atoms with Gasteiger partial charge in [-0.1, -0.05) is 19.3 Å². The van der Waals surface area contributed by atoms with Crippen molar-refractivity contribution < 1.29 is 18.8 Å². The summed E-state index contributed by atoms with van der Waals surface area (Å²) in [6.07, 6.45) is 5.86. The summed E-state index contributed by atoms with van der Waals surface area (Å²) >= 11 is 0. The van der Waals surface area contributed by atoms with Crippen LogP contribution in [0, 0.1) is 5.95 Å². The molecular formula is C17H22FN5O3. The molecule has 1 spiro atoms. The summed E-state index contributed by atoms with van der Waals surface area (Å²) in [6, 6.07) is 0.960. The summed E-state index contributed by atoms with van der Waals surface area (Å²) in [7, 11) is 0. The van der Waals surface area contributed by atoms with Crippen LogP contribution in [-0.4, -0.2) is 46.4 Å². The number of hydrogen-bond donors (Lipinski definition) is 3. The van der Waals surface area contributed by atoms with Crippen molar-refractivity contribution in [2.45, 2.75) is 44.1 Å². The van der Waals surface area contributed by atoms with E-state index in [9.17, 15) is 18.8 Å². The van der Waals surface area contributed by atoms with Crippen LogP contribution >= 0.6 is 0 Å². The second-order valence-electron chi connectivity index (χ2n) is 6.70. The van der Waals surface area contributed by atoms with Gasteiger partial charge in [-0.3, -0.25) is 14.5 Å². The van der Waals surface area contributed by atoms with Crippen LogP contribution < -0.4 is 16.4 Å². The zero-order valence-corrected chi connectivity index (χ0v) is 14.4. The number of urea groups is 1. The SMILES string of the molecule is Nc1c(C(=O)NCCCN2C(=O)NC3(CCCCC3)C2=O)ccnc1F. The number of pyridine rings is 1. The summed E-state index contributed by atoms with van der Waals surface area (Å²) < 4.78 is 13.3. The average molecular weight is 363 g/mol. The molecule has 0 unspecified atom stereocenters. The minimum absolute atomic E-state index is 0.00801. The van der Waals surface area contributed by atoms with Crippen LogP contribution in [0.1, 0.15) is 48.9 Å². The first-order valence-electron chi connectivity index (χ1n) is 8.77. The van der Waals surface area contributed by atoms with Crippen molar-refractivity contribution in [1.82, 2.24) is 20.5 Å². The fourth-order valence-electron chi connectivity index (χ4n) is 3.55. The lowest BCUT2D eigenvalue weighted by atomic mass is 9.82. The molecule has 9 heteroatoms. The number of nitrogen functional groups attached to an aromatic ring is 1. The van der Waals surface area contributed by atoms with Crippen molar-refractivity contribution in [2.24, 2.45) is 0 Å².